The summed E-state index contributed by atoms with van der Waals surface area (Å²) in [6.45, 7) is 4.34. The maximum Gasteiger partial charge on any atom is 0.158 e. The molecular formula is C13H23N3O. The molecule has 1 aromatic rings. The van der Waals surface area contributed by atoms with Crippen LogP contribution in [-0.4, -0.2) is 28.5 Å². The van der Waals surface area contributed by atoms with Gasteiger partial charge in [-0.2, -0.15) is 5.10 Å². The Labute approximate surface area is 103 Å². The quantitative estimate of drug-likeness (QED) is 0.738. The molecule has 0 aromatic carbocycles. The van der Waals surface area contributed by atoms with Gasteiger partial charge in [-0.05, 0) is 45.2 Å². The Morgan fingerprint density at radius 3 is 2.82 bits per heavy atom. The number of ether oxygens (including phenoxy) is 1. The number of aromatic nitrogens is 2. The molecule has 0 radical (unpaired) electrons. The minimum absolute atomic E-state index is 0.0732. The van der Waals surface area contributed by atoms with E-state index in [2.05, 4.69) is 17.3 Å². The van der Waals surface area contributed by atoms with Crippen molar-refractivity contribution in [2.24, 2.45) is 7.05 Å². The summed E-state index contributed by atoms with van der Waals surface area (Å²) in [4.78, 5) is 0. The van der Waals surface area contributed by atoms with Gasteiger partial charge in [-0.25, -0.2) is 0 Å². The zero-order valence-electron chi connectivity index (χ0n) is 10.9. The third kappa shape index (κ3) is 3.22. The third-order valence-electron chi connectivity index (χ3n) is 3.46. The maximum absolute atomic E-state index is 6.12. The van der Waals surface area contributed by atoms with Gasteiger partial charge in [0.2, 0.25) is 0 Å². The van der Waals surface area contributed by atoms with Gasteiger partial charge in [0.25, 0.3) is 0 Å². The molecule has 0 spiro atoms. The summed E-state index contributed by atoms with van der Waals surface area (Å²) in [7, 11) is 1.92. The standard InChI is InChI=1S/C13H23N3O/c1-3-8-14-9-7-13(5-4-6-13)17-12-10-15-16(2)11-12/h10-11,14H,3-9H2,1-2H3. The zero-order valence-corrected chi connectivity index (χ0v) is 10.9. The third-order valence-corrected chi connectivity index (χ3v) is 3.46. The highest BCUT2D eigenvalue weighted by molar-refractivity contribution is 5.14. The lowest BCUT2D eigenvalue weighted by atomic mass is 9.77. The van der Waals surface area contributed by atoms with Crippen molar-refractivity contribution < 1.29 is 4.74 Å². The van der Waals surface area contributed by atoms with Crippen molar-refractivity contribution >= 4 is 0 Å². The van der Waals surface area contributed by atoms with E-state index in [0.29, 0.717) is 0 Å². The van der Waals surface area contributed by atoms with E-state index in [1.807, 2.05) is 13.2 Å². The van der Waals surface area contributed by atoms with Crippen molar-refractivity contribution in [3.05, 3.63) is 12.4 Å². The molecule has 0 aliphatic heterocycles. The lowest BCUT2D eigenvalue weighted by Crippen LogP contribution is -2.45. The Bertz CT molecular complexity index is 344. The van der Waals surface area contributed by atoms with Gasteiger partial charge in [0.05, 0.1) is 12.4 Å². The largest absolute Gasteiger partial charge is 0.484 e. The van der Waals surface area contributed by atoms with Crippen LogP contribution in [0.4, 0.5) is 0 Å². The minimum atomic E-state index is 0.0732. The fourth-order valence-electron chi connectivity index (χ4n) is 2.29. The van der Waals surface area contributed by atoms with Crippen LogP contribution in [0, 0.1) is 0 Å². The van der Waals surface area contributed by atoms with Crippen LogP contribution in [0.5, 0.6) is 5.75 Å². The van der Waals surface area contributed by atoms with Crippen molar-refractivity contribution in [3.63, 3.8) is 0 Å². The molecule has 4 heteroatoms. The smallest absolute Gasteiger partial charge is 0.158 e. The van der Waals surface area contributed by atoms with Crippen molar-refractivity contribution in [1.29, 1.82) is 0 Å². The van der Waals surface area contributed by atoms with Crippen LogP contribution in [-0.2, 0) is 7.05 Å². The van der Waals surface area contributed by atoms with Crippen LogP contribution in [0.15, 0.2) is 12.4 Å². The SMILES string of the molecule is CCCNCCC1(Oc2cnn(C)c2)CCC1. The van der Waals surface area contributed by atoms with Gasteiger partial charge in [0.1, 0.15) is 5.60 Å². The first-order valence-electron chi connectivity index (χ1n) is 6.62. The Morgan fingerprint density at radius 2 is 2.29 bits per heavy atom. The number of aryl methyl sites for hydroxylation is 1. The molecule has 4 nitrogen and oxygen atoms in total. The van der Waals surface area contributed by atoms with E-state index >= 15 is 0 Å². The second-order valence-corrected chi connectivity index (χ2v) is 4.99. The number of hydrogen-bond donors (Lipinski definition) is 1. The molecule has 1 aliphatic carbocycles. The monoisotopic (exact) mass is 237 g/mol. The van der Waals surface area contributed by atoms with Crippen LogP contribution in [0.1, 0.15) is 39.0 Å². The molecule has 1 saturated carbocycles. The van der Waals surface area contributed by atoms with Crippen LogP contribution in [0.2, 0.25) is 0 Å². The van der Waals surface area contributed by atoms with Gasteiger partial charge in [0.15, 0.2) is 5.75 Å². The van der Waals surface area contributed by atoms with E-state index in [0.717, 1.165) is 25.3 Å². The maximum atomic E-state index is 6.12. The van der Waals surface area contributed by atoms with Crippen molar-refractivity contribution in [1.82, 2.24) is 15.1 Å². The van der Waals surface area contributed by atoms with Gasteiger partial charge in [0, 0.05) is 7.05 Å². The van der Waals surface area contributed by atoms with E-state index in [4.69, 9.17) is 4.74 Å². The van der Waals surface area contributed by atoms with Crippen LogP contribution < -0.4 is 10.1 Å². The van der Waals surface area contributed by atoms with Gasteiger partial charge in [-0.1, -0.05) is 6.92 Å². The summed E-state index contributed by atoms with van der Waals surface area (Å²) in [5.74, 6) is 0.905. The van der Waals surface area contributed by atoms with Gasteiger partial charge in [-0.15, -0.1) is 0 Å². The van der Waals surface area contributed by atoms with Crippen molar-refractivity contribution in [2.75, 3.05) is 13.1 Å². The molecule has 1 N–H and O–H groups in total. The second kappa shape index (κ2) is 5.54. The fraction of sp³-hybridized carbons (Fsp3) is 0.769. The first-order valence-corrected chi connectivity index (χ1v) is 6.62. The highest BCUT2D eigenvalue weighted by atomic mass is 16.5. The Balaban J connectivity index is 1.82. The average Bonchev–Trinajstić information content (AvgIpc) is 2.66. The molecule has 0 unspecified atom stereocenters. The molecule has 96 valence electrons. The van der Waals surface area contributed by atoms with E-state index < -0.39 is 0 Å². The number of rotatable bonds is 7. The van der Waals surface area contributed by atoms with Crippen LogP contribution >= 0.6 is 0 Å². The summed E-state index contributed by atoms with van der Waals surface area (Å²) in [6, 6.07) is 0. The van der Waals surface area contributed by atoms with Gasteiger partial charge >= 0.3 is 0 Å². The zero-order chi connectivity index (χ0) is 12.1. The van der Waals surface area contributed by atoms with E-state index in [9.17, 15) is 0 Å². The van der Waals surface area contributed by atoms with E-state index in [-0.39, 0.29) is 5.60 Å². The summed E-state index contributed by atoms with van der Waals surface area (Å²) in [5, 5.41) is 7.59. The molecule has 1 aromatic heterocycles. The molecule has 1 fully saturated rings. The predicted octanol–water partition coefficient (Wildman–Crippen LogP) is 2.11. The van der Waals surface area contributed by atoms with Gasteiger partial charge < -0.3 is 10.1 Å². The molecular weight excluding hydrogens is 214 g/mol. The highest BCUT2D eigenvalue weighted by Gasteiger charge is 2.38. The predicted molar refractivity (Wildman–Crippen MR) is 68.2 cm³/mol. The molecule has 0 amide bonds. The lowest BCUT2D eigenvalue weighted by Gasteiger charge is -2.41. The topological polar surface area (TPSA) is 39.1 Å². The summed E-state index contributed by atoms with van der Waals surface area (Å²) in [5.41, 5.74) is 0.0732. The second-order valence-electron chi connectivity index (χ2n) is 4.99. The average molecular weight is 237 g/mol. The van der Waals surface area contributed by atoms with Crippen molar-refractivity contribution in [2.45, 2.75) is 44.6 Å². The van der Waals surface area contributed by atoms with E-state index in [1.165, 1.54) is 25.7 Å². The normalized spacial score (nSPS) is 17.8. The Kier molecular flexibility index (Phi) is 4.05. The lowest BCUT2D eigenvalue weighted by molar-refractivity contribution is -0.0142. The fourth-order valence-corrected chi connectivity index (χ4v) is 2.29. The minimum Gasteiger partial charge on any atom is -0.484 e. The molecule has 0 bridgehead atoms. The molecule has 0 atom stereocenters. The molecule has 1 heterocycles. The highest BCUT2D eigenvalue weighted by Crippen LogP contribution is 2.38. The van der Waals surface area contributed by atoms with Crippen LogP contribution in [0.3, 0.4) is 0 Å². The number of nitrogens with zero attached hydrogens (tertiary/aromatic N) is 2. The summed E-state index contributed by atoms with van der Waals surface area (Å²) >= 11 is 0. The molecule has 1 aliphatic rings. The van der Waals surface area contributed by atoms with Crippen molar-refractivity contribution in [3.8, 4) is 5.75 Å². The Morgan fingerprint density at radius 1 is 1.47 bits per heavy atom. The molecule has 2 rings (SSSR count). The molecule has 0 saturated heterocycles. The number of hydrogen-bond acceptors (Lipinski definition) is 3. The first-order chi connectivity index (χ1) is 8.24. The van der Waals surface area contributed by atoms with E-state index in [1.54, 1.807) is 10.9 Å². The van der Waals surface area contributed by atoms with Gasteiger partial charge in [-0.3, -0.25) is 4.68 Å². The first kappa shape index (κ1) is 12.4. The van der Waals surface area contributed by atoms with Crippen LogP contribution in [0.25, 0.3) is 0 Å². The summed E-state index contributed by atoms with van der Waals surface area (Å²) in [6.07, 6.45) is 9.68. The molecule has 17 heavy (non-hydrogen) atoms. The summed E-state index contributed by atoms with van der Waals surface area (Å²) < 4.78 is 7.90. The Hall–Kier alpha value is -1.03. The number of nitrogens with one attached hydrogen (secondary N) is 1.